The van der Waals surface area contributed by atoms with Gasteiger partial charge >= 0.3 is 11.9 Å². The number of hydrogen-bond donors (Lipinski definition) is 0. The van der Waals surface area contributed by atoms with Crippen LogP contribution in [-0.4, -0.2) is 34.7 Å². The van der Waals surface area contributed by atoms with Crippen molar-refractivity contribution in [1.82, 2.24) is 0 Å². The van der Waals surface area contributed by atoms with Gasteiger partial charge in [-0.25, -0.2) is 9.59 Å². The number of hydrogen-bond acceptors (Lipinski definition) is 7. The molecule has 0 amide bonds. The fourth-order valence-corrected chi connectivity index (χ4v) is 3.42. The second-order valence-corrected chi connectivity index (χ2v) is 6.81. The topological polar surface area (TPSA) is 105 Å². The fourth-order valence-electron chi connectivity index (χ4n) is 3.42. The Morgan fingerprint density at radius 1 is 1.17 bits per heavy atom. The van der Waals surface area contributed by atoms with Crippen molar-refractivity contribution in [2.45, 2.75) is 30.8 Å². The van der Waals surface area contributed by atoms with Crippen LogP contribution in [0, 0.1) is 10.1 Å². The highest BCUT2D eigenvalue weighted by molar-refractivity contribution is 5.90. The first-order valence-corrected chi connectivity index (χ1v) is 9.01. The Balaban J connectivity index is 1.47. The Morgan fingerprint density at radius 2 is 1.90 bits per heavy atom. The van der Waals surface area contributed by atoms with Crippen molar-refractivity contribution in [1.29, 1.82) is 0 Å². The van der Waals surface area contributed by atoms with E-state index in [0.717, 1.165) is 0 Å². The Hall–Kier alpha value is -3.52. The lowest BCUT2D eigenvalue weighted by Crippen LogP contribution is -2.39. The molecule has 0 saturated carbocycles. The summed E-state index contributed by atoms with van der Waals surface area (Å²) in [6, 6.07) is 14.7. The molecule has 0 N–H and O–H groups in total. The second-order valence-electron chi connectivity index (χ2n) is 6.81. The Bertz CT molecular complexity index is 988. The Morgan fingerprint density at radius 3 is 2.66 bits per heavy atom. The number of ether oxygens (including phenoxy) is 3. The number of carbonyl (C=O) groups excluding carboxylic acids is 2. The van der Waals surface area contributed by atoms with Gasteiger partial charge in [0.15, 0.2) is 11.7 Å². The summed E-state index contributed by atoms with van der Waals surface area (Å²) in [5, 5.41) is 11.2. The summed E-state index contributed by atoms with van der Waals surface area (Å²) in [4.78, 5) is 35.4. The van der Waals surface area contributed by atoms with E-state index in [2.05, 4.69) is 0 Å². The normalized spacial score (nSPS) is 24.8. The van der Waals surface area contributed by atoms with Gasteiger partial charge in [0, 0.05) is 12.5 Å². The molecule has 2 aromatic rings. The van der Waals surface area contributed by atoms with Crippen molar-refractivity contribution < 1.29 is 28.7 Å². The maximum atomic E-state index is 12.4. The molecule has 0 radical (unpaired) electrons. The van der Waals surface area contributed by atoms with E-state index in [0.29, 0.717) is 11.1 Å². The van der Waals surface area contributed by atoms with E-state index in [1.54, 1.807) is 54.6 Å². The second kappa shape index (κ2) is 7.48. The summed E-state index contributed by atoms with van der Waals surface area (Å²) in [5.41, 5.74) is -0.672. The van der Waals surface area contributed by atoms with Gasteiger partial charge in [0.05, 0.1) is 22.7 Å². The molecular weight excluding hydrogens is 378 g/mol. The number of carbonyl (C=O) groups is 2. The van der Waals surface area contributed by atoms with Crippen molar-refractivity contribution >= 4 is 17.6 Å². The third-order valence-electron chi connectivity index (χ3n) is 4.96. The minimum Gasteiger partial charge on any atom is -0.456 e. The highest BCUT2D eigenvalue weighted by Gasteiger charge is 2.54. The fraction of sp³-hybridized carbons (Fsp3) is 0.238. The first-order chi connectivity index (χ1) is 14.0. The van der Waals surface area contributed by atoms with E-state index in [4.69, 9.17) is 14.2 Å². The summed E-state index contributed by atoms with van der Waals surface area (Å²) in [6.45, 7) is -0.127. The highest BCUT2D eigenvalue weighted by atomic mass is 16.6. The largest absolute Gasteiger partial charge is 0.456 e. The first-order valence-electron chi connectivity index (χ1n) is 9.01. The molecule has 29 heavy (non-hydrogen) atoms. The minimum atomic E-state index is -1.34. The smallest absolute Gasteiger partial charge is 0.343 e. The Labute approximate surface area is 165 Å². The molecule has 2 bridgehead atoms. The molecule has 0 unspecified atom stereocenters. The molecule has 1 heterocycles. The van der Waals surface area contributed by atoms with E-state index in [-0.39, 0.29) is 18.7 Å². The first kappa shape index (κ1) is 18.8. The van der Waals surface area contributed by atoms with Crippen LogP contribution in [0.25, 0.3) is 0 Å². The van der Waals surface area contributed by atoms with Crippen molar-refractivity contribution in [3.05, 3.63) is 88.0 Å². The molecule has 2 aliphatic rings. The number of nitrogens with zero attached hydrogens (tertiary/aromatic N) is 1. The lowest BCUT2D eigenvalue weighted by atomic mass is 9.90. The van der Waals surface area contributed by atoms with Crippen molar-refractivity contribution in [3.8, 4) is 0 Å². The molecule has 2 aromatic carbocycles. The molecule has 8 heteroatoms. The highest BCUT2D eigenvalue weighted by Crippen LogP contribution is 2.39. The van der Waals surface area contributed by atoms with E-state index < -0.39 is 34.7 Å². The summed E-state index contributed by atoms with van der Waals surface area (Å²) in [7, 11) is 0. The quantitative estimate of drug-likeness (QED) is 0.320. The third kappa shape index (κ3) is 3.62. The predicted molar refractivity (Wildman–Crippen MR) is 99.9 cm³/mol. The average Bonchev–Trinajstić information content (AvgIpc) is 3.00. The van der Waals surface area contributed by atoms with E-state index in [9.17, 15) is 19.7 Å². The van der Waals surface area contributed by atoms with Gasteiger partial charge in [-0.1, -0.05) is 30.3 Å². The summed E-state index contributed by atoms with van der Waals surface area (Å²) >= 11 is 0. The zero-order chi connectivity index (χ0) is 20.4. The van der Waals surface area contributed by atoms with Gasteiger partial charge in [0.1, 0.15) is 6.10 Å². The molecule has 1 saturated heterocycles. The number of esters is 2. The molecule has 3 atom stereocenters. The van der Waals surface area contributed by atoms with Gasteiger partial charge in [0.25, 0.3) is 5.69 Å². The van der Waals surface area contributed by atoms with Crippen LogP contribution >= 0.6 is 0 Å². The van der Waals surface area contributed by atoms with Gasteiger partial charge in [-0.2, -0.15) is 0 Å². The number of nitro benzene ring substituents is 1. The van der Waals surface area contributed by atoms with E-state index >= 15 is 0 Å². The number of rotatable bonds is 6. The lowest BCUT2D eigenvalue weighted by Gasteiger charge is -2.27. The minimum absolute atomic E-state index is 0.0822. The molecule has 0 aromatic heterocycles. The molecule has 4 rings (SSSR count). The summed E-state index contributed by atoms with van der Waals surface area (Å²) < 4.78 is 16.6. The zero-order valence-electron chi connectivity index (χ0n) is 15.2. The molecular formula is C21H17NO7. The van der Waals surface area contributed by atoms with Crippen LogP contribution in [0.2, 0.25) is 0 Å². The zero-order valence-corrected chi connectivity index (χ0v) is 15.2. The van der Waals surface area contributed by atoms with Crippen molar-refractivity contribution in [3.63, 3.8) is 0 Å². The van der Waals surface area contributed by atoms with Crippen molar-refractivity contribution in [2.75, 3.05) is 0 Å². The monoisotopic (exact) mass is 395 g/mol. The van der Waals surface area contributed by atoms with Gasteiger partial charge in [-0.15, -0.1) is 0 Å². The number of fused-ring (bicyclic) bond motifs is 2. The average molecular weight is 395 g/mol. The molecule has 0 spiro atoms. The van der Waals surface area contributed by atoms with Gasteiger partial charge in [0.2, 0.25) is 0 Å². The molecule has 1 aliphatic heterocycles. The standard InChI is InChI=1S/C21H17NO7/c23-19(14-6-2-1-3-7-14)28-17-10-11-21(12-18(17)29-20(21)24)27-13-15-8-4-5-9-16(15)22(25)26/h1-11,17-18H,12-13H2/t17-,18-,21+/m1/s1. The molecule has 148 valence electrons. The number of benzene rings is 2. The predicted octanol–water partition coefficient (Wildman–Crippen LogP) is 2.96. The lowest BCUT2D eigenvalue weighted by molar-refractivity contribution is -0.386. The SMILES string of the molecule is O=C(O[C@@H]1C=C[C@]2(OCc3ccccc3[N+](=O)[O-])C[C@H]1OC2=O)c1ccccc1. The van der Waals surface area contributed by atoms with Crippen LogP contribution in [0.15, 0.2) is 66.7 Å². The van der Waals surface area contributed by atoms with E-state index in [1.165, 1.54) is 12.1 Å². The van der Waals surface area contributed by atoms with Gasteiger partial charge in [-0.05, 0) is 30.4 Å². The van der Waals surface area contributed by atoms with Gasteiger partial charge in [-0.3, -0.25) is 10.1 Å². The van der Waals surface area contributed by atoms with Crippen LogP contribution < -0.4 is 0 Å². The third-order valence-corrected chi connectivity index (χ3v) is 4.96. The van der Waals surface area contributed by atoms with E-state index in [1.807, 2.05) is 0 Å². The maximum Gasteiger partial charge on any atom is 0.343 e. The van der Waals surface area contributed by atoms with Crippen molar-refractivity contribution in [2.24, 2.45) is 0 Å². The molecule has 8 nitrogen and oxygen atoms in total. The summed E-state index contributed by atoms with van der Waals surface area (Å²) in [6.07, 6.45) is 1.84. The maximum absolute atomic E-state index is 12.4. The number of nitro groups is 1. The molecule has 1 fully saturated rings. The van der Waals surface area contributed by atoms with Crippen LogP contribution in [0.3, 0.4) is 0 Å². The van der Waals surface area contributed by atoms with Crippen LogP contribution in [0.5, 0.6) is 0 Å². The van der Waals surface area contributed by atoms with Gasteiger partial charge < -0.3 is 14.2 Å². The van der Waals surface area contributed by atoms with Crippen LogP contribution in [-0.2, 0) is 25.6 Å². The van der Waals surface area contributed by atoms with Crippen LogP contribution in [0.1, 0.15) is 22.3 Å². The molecule has 1 aliphatic carbocycles. The number of para-hydroxylation sites is 1. The summed E-state index contributed by atoms with van der Waals surface area (Å²) in [5.74, 6) is -1.12. The van der Waals surface area contributed by atoms with Crippen LogP contribution in [0.4, 0.5) is 5.69 Å². The Kier molecular flexibility index (Phi) is 4.85.